The molecule has 0 amide bonds. The standard InChI is InChI=1S/C17H23N3O2S.ClH/c1-3-13(15-10-21-8-6-18-15)14(4-1)19-9-12-11-23-17(20-12)16-5-2-7-22-16;/h2,5,7,11,13-15,18-19H,1,3-4,6,8-10H2;1H. The minimum Gasteiger partial charge on any atom is -0.462 e. The molecule has 1 saturated heterocycles. The molecular weight excluding hydrogens is 346 g/mol. The van der Waals surface area contributed by atoms with Crippen molar-refractivity contribution in [3.8, 4) is 10.8 Å². The van der Waals surface area contributed by atoms with E-state index in [2.05, 4.69) is 21.0 Å². The third kappa shape index (κ3) is 4.00. The highest BCUT2D eigenvalue weighted by atomic mass is 35.5. The average Bonchev–Trinajstić information content (AvgIpc) is 3.33. The Morgan fingerprint density at radius 2 is 2.33 bits per heavy atom. The van der Waals surface area contributed by atoms with E-state index in [9.17, 15) is 0 Å². The molecule has 3 atom stereocenters. The quantitative estimate of drug-likeness (QED) is 0.848. The Bertz CT molecular complexity index is 613. The highest BCUT2D eigenvalue weighted by Crippen LogP contribution is 2.30. The summed E-state index contributed by atoms with van der Waals surface area (Å²) in [6, 6.07) is 4.91. The Hall–Kier alpha value is -0.920. The minimum absolute atomic E-state index is 0. The molecule has 0 bridgehead atoms. The lowest BCUT2D eigenvalue weighted by Crippen LogP contribution is -2.50. The van der Waals surface area contributed by atoms with E-state index in [-0.39, 0.29) is 12.4 Å². The molecule has 1 saturated carbocycles. The van der Waals surface area contributed by atoms with Gasteiger partial charge in [-0.1, -0.05) is 6.42 Å². The van der Waals surface area contributed by atoms with Gasteiger partial charge in [0.2, 0.25) is 0 Å². The maximum Gasteiger partial charge on any atom is 0.162 e. The van der Waals surface area contributed by atoms with Gasteiger partial charge in [-0.25, -0.2) is 4.98 Å². The molecule has 2 fully saturated rings. The number of hydrogen-bond acceptors (Lipinski definition) is 6. The van der Waals surface area contributed by atoms with E-state index in [0.29, 0.717) is 18.0 Å². The lowest BCUT2D eigenvalue weighted by molar-refractivity contribution is 0.0524. The molecule has 2 aromatic rings. The molecule has 5 nitrogen and oxygen atoms in total. The molecule has 2 aromatic heterocycles. The lowest BCUT2D eigenvalue weighted by Gasteiger charge is -2.32. The second kappa shape index (κ2) is 8.45. The van der Waals surface area contributed by atoms with Crippen molar-refractivity contribution in [1.29, 1.82) is 0 Å². The lowest BCUT2D eigenvalue weighted by atomic mass is 9.94. The smallest absolute Gasteiger partial charge is 0.162 e. The fraction of sp³-hybridized carbons (Fsp3) is 0.588. The van der Waals surface area contributed by atoms with E-state index in [1.165, 1.54) is 19.3 Å². The first-order valence-corrected chi connectivity index (χ1v) is 9.31. The maximum absolute atomic E-state index is 5.64. The SMILES string of the molecule is Cl.c1coc(-c2nc(CNC3CCCC3C3COCCN3)cs2)c1. The number of furan rings is 1. The van der Waals surface area contributed by atoms with Crippen molar-refractivity contribution < 1.29 is 9.15 Å². The number of nitrogens with zero attached hydrogens (tertiary/aromatic N) is 1. The van der Waals surface area contributed by atoms with Crippen LogP contribution in [-0.2, 0) is 11.3 Å². The zero-order valence-electron chi connectivity index (χ0n) is 13.6. The second-order valence-corrected chi connectivity index (χ2v) is 7.20. The molecule has 1 aliphatic heterocycles. The predicted molar refractivity (Wildman–Crippen MR) is 97.6 cm³/mol. The van der Waals surface area contributed by atoms with E-state index in [4.69, 9.17) is 9.15 Å². The van der Waals surface area contributed by atoms with Crippen LogP contribution in [0, 0.1) is 5.92 Å². The molecule has 0 radical (unpaired) electrons. The third-order valence-electron chi connectivity index (χ3n) is 4.87. The Balaban J connectivity index is 0.00000169. The number of hydrogen-bond donors (Lipinski definition) is 2. The van der Waals surface area contributed by atoms with Crippen LogP contribution in [0.15, 0.2) is 28.2 Å². The van der Waals surface area contributed by atoms with Crippen LogP contribution in [0.3, 0.4) is 0 Å². The van der Waals surface area contributed by atoms with Crippen LogP contribution in [0.1, 0.15) is 25.0 Å². The Morgan fingerprint density at radius 1 is 1.38 bits per heavy atom. The van der Waals surface area contributed by atoms with Crippen molar-refractivity contribution >= 4 is 23.7 Å². The van der Waals surface area contributed by atoms with Gasteiger partial charge in [0, 0.05) is 30.6 Å². The van der Waals surface area contributed by atoms with Gasteiger partial charge in [0.25, 0.3) is 0 Å². The predicted octanol–water partition coefficient (Wildman–Crippen LogP) is 3.07. The largest absolute Gasteiger partial charge is 0.462 e. The van der Waals surface area contributed by atoms with Gasteiger partial charge in [0.15, 0.2) is 10.8 Å². The highest BCUT2D eigenvalue weighted by molar-refractivity contribution is 7.13. The van der Waals surface area contributed by atoms with Crippen LogP contribution in [0.5, 0.6) is 0 Å². The van der Waals surface area contributed by atoms with Crippen molar-refractivity contribution in [2.24, 2.45) is 5.92 Å². The first-order valence-electron chi connectivity index (χ1n) is 8.43. The number of ether oxygens (including phenoxy) is 1. The summed E-state index contributed by atoms with van der Waals surface area (Å²) in [6.07, 6.45) is 5.53. The Labute approximate surface area is 152 Å². The summed E-state index contributed by atoms with van der Waals surface area (Å²) in [5.74, 6) is 1.52. The average molecular weight is 370 g/mol. The molecule has 7 heteroatoms. The topological polar surface area (TPSA) is 59.3 Å². The molecule has 24 heavy (non-hydrogen) atoms. The van der Waals surface area contributed by atoms with Gasteiger partial charge in [-0.2, -0.15) is 0 Å². The van der Waals surface area contributed by atoms with E-state index >= 15 is 0 Å². The summed E-state index contributed by atoms with van der Waals surface area (Å²) in [4.78, 5) is 4.67. The van der Waals surface area contributed by atoms with Crippen molar-refractivity contribution in [2.75, 3.05) is 19.8 Å². The molecule has 0 aromatic carbocycles. The third-order valence-corrected chi connectivity index (χ3v) is 5.77. The van der Waals surface area contributed by atoms with Gasteiger partial charge in [-0.15, -0.1) is 23.7 Å². The van der Waals surface area contributed by atoms with E-state index in [0.717, 1.165) is 42.8 Å². The molecule has 2 aliphatic rings. The summed E-state index contributed by atoms with van der Waals surface area (Å²) in [5.41, 5.74) is 1.10. The van der Waals surface area contributed by atoms with Gasteiger partial charge in [-0.3, -0.25) is 0 Å². The first kappa shape index (κ1) is 17.9. The van der Waals surface area contributed by atoms with Gasteiger partial charge >= 0.3 is 0 Å². The van der Waals surface area contributed by atoms with Crippen molar-refractivity contribution in [3.63, 3.8) is 0 Å². The fourth-order valence-electron chi connectivity index (χ4n) is 3.72. The normalized spacial score (nSPS) is 27.1. The van der Waals surface area contributed by atoms with Crippen LogP contribution >= 0.6 is 23.7 Å². The minimum atomic E-state index is 0. The van der Waals surface area contributed by atoms with Crippen LogP contribution < -0.4 is 10.6 Å². The Kier molecular flexibility index (Phi) is 6.30. The number of nitrogens with one attached hydrogen (secondary N) is 2. The number of halogens is 1. The number of thiazole rings is 1. The van der Waals surface area contributed by atoms with Crippen LogP contribution in [0.25, 0.3) is 10.8 Å². The maximum atomic E-state index is 5.64. The highest BCUT2D eigenvalue weighted by Gasteiger charge is 2.34. The van der Waals surface area contributed by atoms with Crippen molar-refractivity contribution in [2.45, 2.75) is 37.9 Å². The molecule has 3 heterocycles. The fourth-order valence-corrected chi connectivity index (χ4v) is 4.51. The summed E-state index contributed by atoms with van der Waals surface area (Å²) < 4.78 is 11.1. The van der Waals surface area contributed by atoms with Crippen LogP contribution in [0.4, 0.5) is 0 Å². The van der Waals surface area contributed by atoms with E-state index in [1.54, 1.807) is 17.6 Å². The molecule has 132 valence electrons. The van der Waals surface area contributed by atoms with Gasteiger partial charge < -0.3 is 19.8 Å². The summed E-state index contributed by atoms with van der Waals surface area (Å²) in [6.45, 7) is 3.50. The number of rotatable bonds is 5. The molecule has 2 N–H and O–H groups in total. The number of morpholine rings is 1. The molecule has 3 unspecified atom stereocenters. The van der Waals surface area contributed by atoms with Crippen molar-refractivity contribution in [3.05, 3.63) is 29.5 Å². The van der Waals surface area contributed by atoms with Crippen LogP contribution in [0.2, 0.25) is 0 Å². The van der Waals surface area contributed by atoms with Gasteiger partial charge in [0.05, 0.1) is 25.2 Å². The Morgan fingerprint density at radius 3 is 3.12 bits per heavy atom. The summed E-state index contributed by atoms with van der Waals surface area (Å²) in [5, 5.41) is 10.4. The summed E-state index contributed by atoms with van der Waals surface area (Å²) >= 11 is 1.64. The van der Waals surface area contributed by atoms with E-state index in [1.807, 2.05) is 12.1 Å². The monoisotopic (exact) mass is 369 g/mol. The number of aromatic nitrogens is 1. The van der Waals surface area contributed by atoms with Crippen molar-refractivity contribution in [1.82, 2.24) is 15.6 Å². The van der Waals surface area contributed by atoms with Gasteiger partial charge in [0.1, 0.15) is 0 Å². The summed E-state index contributed by atoms with van der Waals surface area (Å²) in [7, 11) is 0. The van der Waals surface area contributed by atoms with Crippen LogP contribution in [-0.4, -0.2) is 36.8 Å². The molecule has 4 rings (SSSR count). The molecule has 0 spiro atoms. The molecule has 1 aliphatic carbocycles. The van der Waals surface area contributed by atoms with Gasteiger partial charge in [-0.05, 0) is 30.9 Å². The van der Waals surface area contributed by atoms with E-state index < -0.39 is 0 Å². The molecular formula is C17H24ClN3O2S. The zero-order chi connectivity index (χ0) is 15.5. The zero-order valence-corrected chi connectivity index (χ0v) is 15.2. The second-order valence-electron chi connectivity index (χ2n) is 6.34. The first-order chi connectivity index (χ1) is 11.4.